The van der Waals surface area contributed by atoms with Crippen LogP contribution in [0.1, 0.15) is 5.56 Å². The molecule has 0 radical (unpaired) electrons. The molecule has 0 amide bonds. The second-order valence-electron chi connectivity index (χ2n) is 4.11. The maximum absolute atomic E-state index is 13.0. The maximum Gasteiger partial charge on any atom is 0.417 e. The van der Waals surface area contributed by atoms with Crippen molar-refractivity contribution in [3.63, 3.8) is 0 Å². The Balaban J connectivity index is 2.12. The molecule has 5 heteroatoms. The van der Waals surface area contributed by atoms with Gasteiger partial charge >= 0.3 is 6.18 Å². The minimum Gasteiger partial charge on any atom is -0.454 e. The van der Waals surface area contributed by atoms with Gasteiger partial charge in [0.1, 0.15) is 0 Å². The van der Waals surface area contributed by atoms with Gasteiger partial charge in [0.05, 0.1) is 5.56 Å². The van der Waals surface area contributed by atoms with Crippen LogP contribution in [-0.4, -0.2) is 6.79 Å². The first-order valence-corrected chi connectivity index (χ1v) is 5.62. The molecule has 0 aliphatic carbocycles. The molecule has 0 fully saturated rings. The van der Waals surface area contributed by atoms with Crippen molar-refractivity contribution in [1.29, 1.82) is 0 Å². The van der Waals surface area contributed by atoms with Crippen LogP contribution in [0.2, 0.25) is 0 Å². The van der Waals surface area contributed by atoms with Crippen LogP contribution < -0.4 is 9.47 Å². The highest BCUT2D eigenvalue weighted by molar-refractivity contribution is 5.71. The topological polar surface area (TPSA) is 18.5 Å². The number of hydrogen-bond donors (Lipinski definition) is 0. The van der Waals surface area contributed by atoms with Gasteiger partial charge in [-0.05, 0) is 29.3 Å². The Morgan fingerprint density at radius 2 is 1.63 bits per heavy atom. The molecule has 0 saturated carbocycles. The first-order chi connectivity index (χ1) is 9.05. The first kappa shape index (κ1) is 11.9. The number of alkyl halides is 3. The van der Waals surface area contributed by atoms with Crippen molar-refractivity contribution in [3.8, 4) is 22.6 Å². The summed E-state index contributed by atoms with van der Waals surface area (Å²) in [7, 11) is 0. The third-order valence-corrected chi connectivity index (χ3v) is 2.92. The van der Waals surface area contributed by atoms with E-state index in [9.17, 15) is 13.2 Å². The fourth-order valence-electron chi connectivity index (χ4n) is 2.05. The van der Waals surface area contributed by atoms with Crippen molar-refractivity contribution in [2.24, 2.45) is 0 Å². The predicted octanol–water partition coefficient (Wildman–Crippen LogP) is 4.10. The van der Waals surface area contributed by atoms with Crippen molar-refractivity contribution >= 4 is 0 Å². The van der Waals surface area contributed by atoms with Crippen LogP contribution in [0.25, 0.3) is 11.1 Å². The molecule has 3 rings (SSSR count). The fourth-order valence-corrected chi connectivity index (χ4v) is 2.05. The van der Waals surface area contributed by atoms with E-state index in [1.54, 1.807) is 24.3 Å². The second-order valence-corrected chi connectivity index (χ2v) is 4.11. The van der Waals surface area contributed by atoms with E-state index in [1.807, 2.05) is 0 Å². The first-order valence-electron chi connectivity index (χ1n) is 5.62. The summed E-state index contributed by atoms with van der Waals surface area (Å²) < 4.78 is 49.2. The number of hydrogen-bond acceptors (Lipinski definition) is 2. The summed E-state index contributed by atoms with van der Waals surface area (Å²) in [5.74, 6) is 1.02. The van der Waals surface area contributed by atoms with Crippen LogP contribution in [0.5, 0.6) is 11.5 Å². The molecule has 98 valence electrons. The van der Waals surface area contributed by atoms with Crippen LogP contribution in [0, 0.1) is 0 Å². The van der Waals surface area contributed by atoms with Gasteiger partial charge in [-0.15, -0.1) is 0 Å². The van der Waals surface area contributed by atoms with Crippen LogP contribution >= 0.6 is 0 Å². The Morgan fingerprint density at radius 3 is 2.42 bits per heavy atom. The monoisotopic (exact) mass is 266 g/mol. The number of ether oxygens (including phenoxy) is 2. The molecule has 0 bridgehead atoms. The molecule has 0 aromatic heterocycles. The summed E-state index contributed by atoms with van der Waals surface area (Å²) in [6.45, 7) is 0.0969. The summed E-state index contributed by atoms with van der Waals surface area (Å²) >= 11 is 0. The molecule has 2 aromatic rings. The summed E-state index contributed by atoms with van der Waals surface area (Å²) in [6.07, 6.45) is -4.38. The van der Waals surface area contributed by atoms with Crippen molar-refractivity contribution < 1.29 is 22.6 Å². The Bertz CT molecular complexity index is 620. The average molecular weight is 266 g/mol. The number of benzene rings is 2. The molecule has 1 aliphatic heterocycles. The third-order valence-electron chi connectivity index (χ3n) is 2.92. The average Bonchev–Trinajstić information content (AvgIpc) is 2.85. The Labute approximate surface area is 107 Å². The largest absolute Gasteiger partial charge is 0.454 e. The molecule has 1 heterocycles. The van der Waals surface area contributed by atoms with Gasteiger partial charge in [-0.1, -0.05) is 24.3 Å². The van der Waals surface area contributed by atoms with Gasteiger partial charge in [0.15, 0.2) is 11.5 Å². The van der Waals surface area contributed by atoms with Crippen molar-refractivity contribution in [3.05, 3.63) is 48.0 Å². The van der Waals surface area contributed by atoms with Gasteiger partial charge in [-0.25, -0.2) is 0 Å². The third kappa shape index (κ3) is 2.12. The number of halogens is 3. The van der Waals surface area contributed by atoms with E-state index in [0.29, 0.717) is 17.1 Å². The van der Waals surface area contributed by atoms with E-state index < -0.39 is 11.7 Å². The zero-order valence-electron chi connectivity index (χ0n) is 9.70. The zero-order chi connectivity index (χ0) is 13.5. The quantitative estimate of drug-likeness (QED) is 0.773. The van der Waals surface area contributed by atoms with Crippen molar-refractivity contribution in [2.45, 2.75) is 6.18 Å². The van der Waals surface area contributed by atoms with Crippen molar-refractivity contribution in [2.75, 3.05) is 6.79 Å². The molecule has 2 aromatic carbocycles. The van der Waals surface area contributed by atoms with Crippen LogP contribution in [-0.2, 0) is 6.18 Å². The molecule has 0 spiro atoms. The molecule has 0 unspecified atom stereocenters. The molecular weight excluding hydrogens is 257 g/mol. The van der Waals surface area contributed by atoms with Gasteiger partial charge in [-0.3, -0.25) is 0 Å². The second kappa shape index (κ2) is 4.19. The van der Waals surface area contributed by atoms with E-state index in [-0.39, 0.29) is 12.4 Å². The molecule has 1 aliphatic rings. The smallest absolute Gasteiger partial charge is 0.417 e. The molecule has 0 atom stereocenters. The molecule has 0 N–H and O–H groups in total. The summed E-state index contributed by atoms with van der Waals surface area (Å²) in [6, 6.07) is 10.2. The van der Waals surface area contributed by atoms with E-state index in [2.05, 4.69) is 0 Å². The molecule has 19 heavy (non-hydrogen) atoms. The Morgan fingerprint density at radius 1 is 0.895 bits per heavy atom. The highest BCUT2D eigenvalue weighted by Crippen LogP contribution is 2.40. The predicted molar refractivity (Wildman–Crippen MR) is 63.0 cm³/mol. The minimum absolute atomic E-state index is 0.0969. The SMILES string of the molecule is FC(F)(F)c1ccccc1-c1ccc2c(c1)OCO2. The van der Waals surface area contributed by atoms with Gasteiger partial charge in [0, 0.05) is 0 Å². The summed E-state index contributed by atoms with van der Waals surface area (Å²) in [4.78, 5) is 0. The maximum atomic E-state index is 13.0. The van der Waals surface area contributed by atoms with E-state index in [1.165, 1.54) is 12.1 Å². The van der Waals surface area contributed by atoms with Gasteiger partial charge in [0.25, 0.3) is 0 Å². The number of rotatable bonds is 1. The van der Waals surface area contributed by atoms with Crippen LogP contribution in [0.4, 0.5) is 13.2 Å². The summed E-state index contributed by atoms with van der Waals surface area (Å²) in [5, 5.41) is 0. The molecular formula is C14H9F3O2. The fraction of sp³-hybridized carbons (Fsp3) is 0.143. The highest BCUT2D eigenvalue weighted by Gasteiger charge is 2.33. The molecule has 0 saturated heterocycles. The lowest BCUT2D eigenvalue weighted by Crippen LogP contribution is -2.06. The molecule has 2 nitrogen and oxygen atoms in total. The highest BCUT2D eigenvalue weighted by atomic mass is 19.4. The summed E-state index contributed by atoms with van der Waals surface area (Å²) in [5.41, 5.74) is -0.0701. The van der Waals surface area contributed by atoms with E-state index >= 15 is 0 Å². The normalized spacial score (nSPS) is 13.6. The van der Waals surface area contributed by atoms with Crippen LogP contribution in [0.15, 0.2) is 42.5 Å². The standard InChI is InChI=1S/C14H9F3O2/c15-14(16,17)11-4-2-1-3-10(11)9-5-6-12-13(7-9)19-8-18-12/h1-7H,8H2. The van der Waals surface area contributed by atoms with E-state index in [0.717, 1.165) is 6.07 Å². The Kier molecular flexibility index (Phi) is 2.62. The van der Waals surface area contributed by atoms with Gasteiger partial charge in [-0.2, -0.15) is 13.2 Å². The lowest BCUT2D eigenvalue weighted by atomic mass is 9.99. The van der Waals surface area contributed by atoms with E-state index in [4.69, 9.17) is 9.47 Å². The Hall–Kier alpha value is -2.17. The van der Waals surface area contributed by atoms with Gasteiger partial charge in [0.2, 0.25) is 6.79 Å². The number of fused-ring (bicyclic) bond motifs is 1. The van der Waals surface area contributed by atoms with Crippen molar-refractivity contribution in [1.82, 2.24) is 0 Å². The van der Waals surface area contributed by atoms with Crippen LogP contribution in [0.3, 0.4) is 0 Å². The minimum atomic E-state index is -4.38. The lowest BCUT2D eigenvalue weighted by Gasteiger charge is -2.13. The zero-order valence-corrected chi connectivity index (χ0v) is 9.70. The lowest BCUT2D eigenvalue weighted by molar-refractivity contribution is -0.137. The van der Waals surface area contributed by atoms with Gasteiger partial charge < -0.3 is 9.47 Å².